The van der Waals surface area contributed by atoms with Crippen molar-refractivity contribution in [1.29, 1.82) is 0 Å². The average Bonchev–Trinajstić information content (AvgIpc) is 2.44. The molecule has 0 N–H and O–H groups in total. The molecule has 4 unspecified atom stereocenters. The molecule has 0 aromatic heterocycles. The molecule has 0 fully saturated rings. The molecular weight excluding hydrogens is 343 g/mol. The van der Waals surface area contributed by atoms with E-state index in [1.807, 2.05) is 5.29 Å². The molecule has 0 saturated heterocycles. The topological polar surface area (TPSA) is 0 Å². The highest BCUT2D eigenvalue weighted by molar-refractivity contribution is 7.59. The minimum Gasteiger partial charge on any atom is -0.115 e. The number of rotatable bonds is 12. The fraction of sp³-hybridized carbons (Fsp3) is 0.962. The van der Waals surface area contributed by atoms with Gasteiger partial charge in [-0.1, -0.05) is 101 Å². The van der Waals surface area contributed by atoms with Gasteiger partial charge in [0.2, 0.25) is 0 Å². The molecule has 0 nitrogen and oxygen atoms in total. The van der Waals surface area contributed by atoms with E-state index in [9.17, 15) is 0 Å². The van der Waals surface area contributed by atoms with Crippen LogP contribution < -0.4 is 0 Å². The maximum absolute atomic E-state index is 2.62. The van der Waals surface area contributed by atoms with Gasteiger partial charge >= 0.3 is 0 Å². The lowest BCUT2D eigenvalue weighted by Gasteiger charge is -2.40. The summed E-state index contributed by atoms with van der Waals surface area (Å²) in [5.74, 6) is 3.91. The van der Waals surface area contributed by atoms with Gasteiger partial charge in [-0.2, -0.15) is 0 Å². The van der Waals surface area contributed by atoms with Crippen molar-refractivity contribution in [3.8, 4) is 0 Å². The highest BCUT2D eigenvalue weighted by atomic mass is 31.1. The van der Waals surface area contributed by atoms with Crippen molar-refractivity contribution < 1.29 is 0 Å². The van der Waals surface area contributed by atoms with Crippen molar-refractivity contribution >= 4 is 12.8 Å². The Morgan fingerprint density at radius 1 is 0.852 bits per heavy atom. The summed E-state index contributed by atoms with van der Waals surface area (Å²) >= 11 is 0. The molecule has 0 saturated carbocycles. The summed E-state index contributed by atoms with van der Waals surface area (Å²) in [6.07, 6.45) is 6.78. The molecule has 0 aliphatic heterocycles. The molecule has 4 atom stereocenters. The fourth-order valence-corrected chi connectivity index (χ4v) is 8.65. The highest BCUT2D eigenvalue weighted by Crippen LogP contribution is 2.48. The van der Waals surface area contributed by atoms with E-state index >= 15 is 0 Å². The predicted molar refractivity (Wildman–Crippen MR) is 133 cm³/mol. The molecule has 27 heavy (non-hydrogen) atoms. The van der Waals surface area contributed by atoms with Crippen LogP contribution in [-0.2, 0) is 0 Å². The minimum atomic E-state index is -0.519. The molecule has 0 heterocycles. The molecule has 1 heteroatoms. The Bertz CT molecular complexity index is 453. The van der Waals surface area contributed by atoms with Crippen LogP contribution in [0.1, 0.15) is 115 Å². The summed E-state index contributed by atoms with van der Waals surface area (Å²) in [7, 11) is -0.519. The van der Waals surface area contributed by atoms with Crippen molar-refractivity contribution in [2.24, 2.45) is 35.0 Å². The molecule has 0 bridgehead atoms. The van der Waals surface area contributed by atoms with E-state index in [1.54, 1.807) is 0 Å². The second-order valence-corrected chi connectivity index (χ2v) is 15.0. The first-order valence-electron chi connectivity index (χ1n) is 11.9. The summed E-state index contributed by atoms with van der Waals surface area (Å²) < 4.78 is 0. The van der Waals surface area contributed by atoms with Crippen LogP contribution in [0, 0.1) is 35.0 Å². The smallest absolute Gasteiger partial charge is 0.0178 e. The van der Waals surface area contributed by atoms with Gasteiger partial charge in [0.25, 0.3) is 0 Å². The van der Waals surface area contributed by atoms with Gasteiger partial charge in [-0.25, -0.2) is 0 Å². The van der Waals surface area contributed by atoms with E-state index in [0.29, 0.717) is 10.6 Å². The van der Waals surface area contributed by atoms with Gasteiger partial charge < -0.3 is 0 Å². The molecule has 164 valence electrons. The average molecular weight is 399 g/mol. The molecule has 0 aromatic rings. The molecule has 0 aromatic carbocycles. The lowest BCUT2D eigenvalue weighted by Crippen LogP contribution is -2.31. The Labute approximate surface area is 175 Å². The molecule has 0 rings (SSSR count). The van der Waals surface area contributed by atoms with Gasteiger partial charge in [0, 0.05) is 0 Å². The van der Waals surface area contributed by atoms with Gasteiger partial charge in [0.15, 0.2) is 0 Å². The zero-order valence-corrected chi connectivity index (χ0v) is 22.4. The third-order valence-corrected chi connectivity index (χ3v) is 11.4. The van der Waals surface area contributed by atoms with Crippen LogP contribution in [0.4, 0.5) is 0 Å². The van der Waals surface area contributed by atoms with Crippen LogP contribution >= 0.6 is 7.55 Å². The summed E-state index contributed by atoms with van der Waals surface area (Å²) in [6, 6.07) is 0. The van der Waals surface area contributed by atoms with Gasteiger partial charge in [-0.15, -0.1) is 7.55 Å². The lowest BCUT2D eigenvalue weighted by atomic mass is 9.70. The van der Waals surface area contributed by atoms with Crippen LogP contribution in [-0.4, -0.2) is 17.1 Å². The van der Waals surface area contributed by atoms with Gasteiger partial charge in [0.05, 0.1) is 0 Å². The van der Waals surface area contributed by atoms with Crippen LogP contribution in [0.3, 0.4) is 0 Å². The van der Waals surface area contributed by atoms with E-state index in [2.05, 4.69) is 89.7 Å². The van der Waals surface area contributed by atoms with E-state index in [0.717, 1.165) is 29.6 Å². The molecular formula is C26H55P. The summed E-state index contributed by atoms with van der Waals surface area (Å²) in [6.45, 7) is 32.3. The standard InChI is InChI=1S/C26H55P/c1-14-15-21(6)17-26(11,12)27(13)24(20(4)5)22(7)18-25(9,10)23(8)16-19(2)3/h19-23,27H,14-18H2,1-13H3. The normalized spacial score (nSPS) is 18.6. The Morgan fingerprint density at radius 2 is 1.37 bits per heavy atom. The molecule has 0 amide bonds. The summed E-state index contributed by atoms with van der Waals surface area (Å²) in [4.78, 5) is 0. The maximum Gasteiger partial charge on any atom is -0.0178 e. The third kappa shape index (κ3) is 9.10. The Balaban J connectivity index is 5.58. The van der Waals surface area contributed by atoms with E-state index < -0.39 is 7.55 Å². The van der Waals surface area contributed by atoms with Crippen molar-refractivity contribution in [2.45, 2.75) is 120 Å². The second kappa shape index (κ2) is 11.5. The van der Waals surface area contributed by atoms with Crippen LogP contribution in [0.15, 0.2) is 0 Å². The fourth-order valence-electron chi connectivity index (χ4n) is 5.51. The largest absolute Gasteiger partial charge is 0.115 e. The van der Waals surface area contributed by atoms with E-state index in [-0.39, 0.29) is 0 Å². The zero-order valence-electron chi connectivity index (χ0n) is 21.4. The van der Waals surface area contributed by atoms with Crippen molar-refractivity contribution in [2.75, 3.05) is 6.66 Å². The van der Waals surface area contributed by atoms with E-state index in [4.69, 9.17) is 0 Å². The van der Waals surface area contributed by atoms with Crippen molar-refractivity contribution in [3.05, 3.63) is 0 Å². The van der Waals surface area contributed by atoms with E-state index in [1.165, 1.54) is 32.1 Å². The predicted octanol–water partition coefficient (Wildman–Crippen LogP) is 9.00. The Hall–Kier alpha value is 0.300. The van der Waals surface area contributed by atoms with Crippen LogP contribution in [0.2, 0.25) is 0 Å². The van der Waals surface area contributed by atoms with Gasteiger partial charge in [-0.3, -0.25) is 0 Å². The molecule has 0 aliphatic carbocycles. The van der Waals surface area contributed by atoms with Gasteiger partial charge in [0.1, 0.15) is 0 Å². The number of hydrogen-bond donors (Lipinski definition) is 0. The number of hydrogen-bond acceptors (Lipinski definition) is 0. The van der Waals surface area contributed by atoms with Crippen LogP contribution in [0.5, 0.6) is 0 Å². The monoisotopic (exact) mass is 398 g/mol. The summed E-state index contributed by atoms with van der Waals surface area (Å²) in [5, 5.41) is 2.40. The van der Waals surface area contributed by atoms with Crippen LogP contribution in [0.25, 0.3) is 0 Å². The first-order chi connectivity index (χ1) is 12.2. The van der Waals surface area contributed by atoms with Gasteiger partial charge in [-0.05, 0) is 66.1 Å². The lowest BCUT2D eigenvalue weighted by molar-refractivity contribution is 0.170. The third-order valence-electron chi connectivity index (χ3n) is 7.23. The quantitative estimate of drug-likeness (QED) is 0.288. The molecule has 0 spiro atoms. The first-order valence-corrected chi connectivity index (χ1v) is 13.9. The minimum absolute atomic E-state index is 0.422. The molecule has 0 aliphatic rings. The van der Waals surface area contributed by atoms with Crippen molar-refractivity contribution in [1.82, 2.24) is 0 Å². The maximum atomic E-state index is 2.62. The SMILES string of the molecule is CCCC(C)CC(C)(C)/[PH](C)=C(\C(C)C)C(C)CC(C)(C)C(C)CC(C)C. The summed E-state index contributed by atoms with van der Waals surface area (Å²) in [5.41, 5.74) is 0.422. The Morgan fingerprint density at radius 3 is 1.78 bits per heavy atom. The Kier molecular flexibility index (Phi) is 11.6. The zero-order chi connectivity index (χ0) is 21.6. The first kappa shape index (κ1) is 27.3. The second-order valence-electron chi connectivity index (χ2n) is 11.8. The molecule has 0 radical (unpaired) electrons. The highest BCUT2D eigenvalue weighted by Gasteiger charge is 2.32. The van der Waals surface area contributed by atoms with Crippen molar-refractivity contribution in [3.63, 3.8) is 0 Å².